The van der Waals surface area contributed by atoms with E-state index in [1.807, 2.05) is 4.90 Å². The standard InChI is InChI=1S/C25H31N3O3/c29-23(17-19-7-3-1-4-8-19)27-21-11-14-24(26-18-21)31-22-12-9-20(10-13-22)25(30)28-15-5-2-6-16-28/h9-14,18-19H,1-8,15-17H2,(H,27,29). The highest BCUT2D eigenvalue weighted by molar-refractivity contribution is 5.94. The van der Waals surface area contributed by atoms with Gasteiger partial charge in [0.05, 0.1) is 11.9 Å². The first kappa shape index (κ1) is 21.3. The van der Waals surface area contributed by atoms with Crippen LogP contribution in [0.25, 0.3) is 0 Å². The number of nitrogens with one attached hydrogen (secondary N) is 1. The topological polar surface area (TPSA) is 71.5 Å². The molecule has 0 atom stereocenters. The molecule has 1 aliphatic heterocycles. The molecule has 164 valence electrons. The Morgan fingerprint density at radius 3 is 2.32 bits per heavy atom. The smallest absolute Gasteiger partial charge is 0.253 e. The molecule has 31 heavy (non-hydrogen) atoms. The number of ether oxygens (including phenoxy) is 1. The van der Waals surface area contributed by atoms with Crippen LogP contribution in [0.1, 0.15) is 68.1 Å². The van der Waals surface area contributed by atoms with Gasteiger partial charge >= 0.3 is 0 Å². The Morgan fingerprint density at radius 2 is 1.65 bits per heavy atom. The van der Waals surface area contributed by atoms with Gasteiger partial charge in [-0.05, 0) is 68.4 Å². The first-order valence-corrected chi connectivity index (χ1v) is 11.5. The Morgan fingerprint density at radius 1 is 0.935 bits per heavy atom. The second kappa shape index (κ2) is 10.4. The van der Waals surface area contributed by atoms with Gasteiger partial charge in [0.15, 0.2) is 0 Å². The number of carbonyl (C=O) groups excluding carboxylic acids is 2. The number of anilines is 1. The molecule has 0 unspecified atom stereocenters. The normalized spacial score (nSPS) is 17.2. The zero-order valence-electron chi connectivity index (χ0n) is 18.0. The number of likely N-dealkylation sites (tertiary alicyclic amines) is 1. The van der Waals surface area contributed by atoms with Crippen LogP contribution in [0, 0.1) is 5.92 Å². The van der Waals surface area contributed by atoms with Crippen LogP contribution < -0.4 is 10.1 Å². The van der Waals surface area contributed by atoms with E-state index >= 15 is 0 Å². The second-order valence-corrected chi connectivity index (χ2v) is 8.62. The highest BCUT2D eigenvalue weighted by Gasteiger charge is 2.18. The van der Waals surface area contributed by atoms with Crippen LogP contribution in [-0.4, -0.2) is 34.8 Å². The van der Waals surface area contributed by atoms with Crippen molar-refractivity contribution in [3.05, 3.63) is 48.2 Å². The molecule has 0 bridgehead atoms. The van der Waals surface area contributed by atoms with Gasteiger partial charge in [0.2, 0.25) is 11.8 Å². The maximum atomic E-state index is 12.6. The third-order valence-electron chi connectivity index (χ3n) is 6.19. The first-order valence-electron chi connectivity index (χ1n) is 11.5. The third-order valence-corrected chi connectivity index (χ3v) is 6.19. The molecule has 1 aliphatic carbocycles. The molecule has 2 heterocycles. The summed E-state index contributed by atoms with van der Waals surface area (Å²) in [5.41, 5.74) is 1.36. The van der Waals surface area contributed by atoms with Crippen LogP contribution in [0.15, 0.2) is 42.6 Å². The van der Waals surface area contributed by atoms with E-state index in [0.29, 0.717) is 35.2 Å². The maximum absolute atomic E-state index is 12.6. The average molecular weight is 422 g/mol. The molecule has 0 spiro atoms. The number of amides is 2. The van der Waals surface area contributed by atoms with Crippen molar-refractivity contribution in [2.24, 2.45) is 5.92 Å². The van der Waals surface area contributed by atoms with Gasteiger partial charge in [-0.15, -0.1) is 0 Å². The Balaban J connectivity index is 1.28. The van der Waals surface area contributed by atoms with Gasteiger partial charge in [-0.2, -0.15) is 0 Å². The van der Waals surface area contributed by atoms with Gasteiger partial charge < -0.3 is 15.0 Å². The fourth-order valence-corrected chi connectivity index (χ4v) is 4.45. The van der Waals surface area contributed by atoms with Gasteiger partial charge in [-0.1, -0.05) is 19.3 Å². The van der Waals surface area contributed by atoms with Gasteiger partial charge in [-0.25, -0.2) is 4.98 Å². The number of rotatable bonds is 6. The lowest BCUT2D eigenvalue weighted by Gasteiger charge is -2.26. The SMILES string of the molecule is O=C(CC1CCCCC1)Nc1ccc(Oc2ccc(C(=O)N3CCCCC3)cc2)nc1. The number of benzene rings is 1. The van der Waals surface area contributed by atoms with E-state index < -0.39 is 0 Å². The summed E-state index contributed by atoms with van der Waals surface area (Å²) in [5, 5.41) is 2.93. The van der Waals surface area contributed by atoms with Gasteiger partial charge in [0.25, 0.3) is 5.91 Å². The van der Waals surface area contributed by atoms with E-state index in [9.17, 15) is 9.59 Å². The van der Waals surface area contributed by atoms with Crippen LogP contribution in [0.2, 0.25) is 0 Å². The van der Waals surface area contributed by atoms with Gasteiger partial charge in [-0.3, -0.25) is 9.59 Å². The van der Waals surface area contributed by atoms with Crippen molar-refractivity contribution in [3.63, 3.8) is 0 Å². The molecule has 0 radical (unpaired) electrons. The zero-order chi connectivity index (χ0) is 21.5. The Labute approximate surface area is 184 Å². The molecule has 1 saturated heterocycles. The first-order chi connectivity index (χ1) is 15.2. The predicted molar refractivity (Wildman–Crippen MR) is 120 cm³/mol. The van der Waals surface area contributed by atoms with E-state index in [1.165, 1.54) is 25.7 Å². The van der Waals surface area contributed by atoms with Crippen LogP contribution in [0.5, 0.6) is 11.6 Å². The summed E-state index contributed by atoms with van der Waals surface area (Å²) in [5.74, 6) is 1.71. The van der Waals surface area contributed by atoms with Gasteiger partial charge in [0.1, 0.15) is 5.75 Å². The van der Waals surface area contributed by atoms with Crippen molar-refractivity contribution in [1.29, 1.82) is 0 Å². The molecule has 1 aromatic carbocycles. The largest absolute Gasteiger partial charge is 0.439 e. The van der Waals surface area contributed by atoms with Crippen molar-refractivity contribution in [3.8, 4) is 11.6 Å². The van der Waals surface area contributed by atoms with Crippen LogP contribution >= 0.6 is 0 Å². The lowest BCUT2D eigenvalue weighted by atomic mass is 9.87. The summed E-state index contributed by atoms with van der Waals surface area (Å²) in [7, 11) is 0. The van der Waals surface area contributed by atoms with E-state index in [1.54, 1.807) is 42.6 Å². The molecular weight excluding hydrogens is 390 g/mol. The molecule has 1 aromatic heterocycles. The summed E-state index contributed by atoms with van der Waals surface area (Å²) < 4.78 is 5.79. The molecule has 2 aliphatic rings. The molecular formula is C25H31N3O3. The van der Waals surface area contributed by atoms with E-state index in [2.05, 4.69) is 10.3 Å². The number of piperidine rings is 1. The predicted octanol–water partition coefficient (Wildman–Crippen LogP) is 5.41. The van der Waals surface area contributed by atoms with E-state index in [-0.39, 0.29) is 11.8 Å². The monoisotopic (exact) mass is 421 g/mol. The van der Waals surface area contributed by atoms with Crippen molar-refractivity contribution in [2.75, 3.05) is 18.4 Å². The van der Waals surface area contributed by atoms with Gasteiger partial charge in [0, 0.05) is 31.1 Å². The van der Waals surface area contributed by atoms with Crippen molar-refractivity contribution >= 4 is 17.5 Å². The molecule has 6 heteroatoms. The van der Waals surface area contributed by atoms with Crippen LogP contribution in [-0.2, 0) is 4.79 Å². The minimum Gasteiger partial charge on any atom is -0.439 e. The van der Waals surface area contributed by atoms with E-state index in [0.717, 1.165) is 38.8 Å². The number of hydrogen-bond donors (Lipinski definition) is 1. The minimum absolute atomic E-state index is 0.0522. The second-order valence-electron chi connectivity index (χ2n) is 8.62. The Hall–Kier alpha value is -2.89. The highest BCUT2D eigenvalue weighted by atomic mass is 16.5. The molecule has 2 fully saturated rings. The van der Waals surface area contributed by atoms with E-state index in [4.69, 9.17) is 4.74 Å². The summed E-state index contributed by atoms with van der Waals surface area (Å²) >= 11 is 0. The third kappa shape index (κ3) is 6.06. The number of carbonyl (C=O) groups is 2. The fourth-order valence-electron chi connectivity index (χ4n) is 4.45. The lowest BCUT2D eigenvalue weighted by Crippen LogP contribution is -2.35. The summed E-state index contributed by atoms with van der Waals surface area (Å²) in [6.45, 7) is 1.68. The quantitative estimate of drug-likeness (QED) is 0.677. The summed E-state index contributed by atoms with van der Waals surface area (Å²) in [6, 6.07) is 10.7. The molecule has 4 rings (SSSR count). The number of nitrogens with zero attached hydrogens (tertiary/aromatic N) is 2. The average Bonchev–Trinajstić information content (AvgIpc) is 2.81. The summed E-state index contributed by atoms with van der Waals surface area (Å²) in [4.78, 5) is 31.0. The Bertz CT molecular complexity index is 868. The highest BCUT2D eigenvalue weighted by Crippen LogP contribution is 2.27. The van der Waals surface area contributed by atoms with Crippen LogP contribution in [0.3, 0.4) is 0 Å². The molecule has 6 nitrogen and oxygen atoms in total. The minimum atomic E-state index is 0.0522. The molecule has 1 saturated carbocycles. The van der Waals surface area contributed by atoms with Crippen molar-refractivity contribution < 1.29 is 14.3 Å². The summed E-state index contributed by atoms with van der Waals surface area (Å²) in [6.07, 6.45) is 11.6. The number of hydrogen-bond acceptors (Lipinski definition) is 4. The van der Waals surface area contributed by atoms with Crippen molar-refractivity contribution in [2.45, 2.75) is 57.8 Å². The maximum Gasteiger partial charge on any atom is 0.253 e. The lowest BCUT2D eigenvalue weighted by molar-refractivity contribution is -0.117. The zero-order valence-corrected chi connectivity index (χ0v) is 18.0. The fraction of sp³-hybridized carbons (Fsp3) is 0.480. The molecule has 2 amide bonds. The molecule has 2 aromatic rings. The van der Waals surface area contributed by atoms with Crippen molar-refractivity contribution in [1.82, 2.24) is 9.88 Å². The van der Waals surface area contributed by atoms with Crippen LogP contribution in [0.4, 0.5) is 5.69 Å². The Kier molecular flexibility index (Phi) is 7.18. The number of aromatic nitrogens is 1. The molecule has 1 N–H and O–H groups in total. The number of pyridine rings is 1.